The van der Waals surface area contributed by atoms with Crippen LogP contribution < -0.4 is 10.6 Å². The lowest BCUT2D eigenvalue weighted by Gasteiger charge is -2.20. The maximum Gasteiger partial charge on any atom is 0.232 e. The zero-order chi connectivity index (χ0) is 11.6. The number of nitrogens with one attached hydrogen (secondary N) is 2. The van der Waals surface area contributed by atoms with Crippen LogP contribution in [0.3, 0.4) is 0 Å². The van der Waals surface area contributed by atoms with Gasteiger partial charge in [0.05, 0.1) is 5.41 Å². The molecule has 1 fully saturated rings. The molecule has 1 aromatic heterocycles. The fourth-order valence-corrected chi connectivity index (χ4v) is 1.82. The van der Waals surface area contributed by atoms with E-state index in [2.05, 4.69) is 15.6 Å². The van der Waals surface area contributed by atoms with Gasteiger partial charge in [-0.2, -0.15) is 0 Å². The minimum Gasteiger partial charge on any atom is -0.316 e. The average molecular weight is 219 g/mol. The highest BCUT2D eigenvalue weighted by molar-refractivity contribution is 5.94. The average Bonchev–Trinajstić information content (AvgIpc) is 2.70. The van der Waals surface area contributed by atoms with Crippen molar-refractivity contribution in [2.75, 3.05) is 18.4 Å². The van der Waals surface area contributed by atoms with Crippen LogP contribution >= 0.6 is 0 Å². The number of aryl methyl sites for hydroxylation is 1. The third-order valence-electron chi connectivity index (χ3n) is 3.07. The van der Waals surface area contributed by atoms with E-state index in [1.165, 1.54) is 0 Å². The fraction of sp³-hybridized carbons (Fsp3) is 0.500. The molecule has 1 saturated heterocycles. The van der Waals surface area contributed by atoms with Crippen molar-refractivity contribution in [3.8, 4) is 0 Å². The van der Waals surface area contributed by atoms with Gasteiger partial charge in [-0.3, -0.25) is 4.79 Å². The van der Waals surface area contributed by atoms with Gasteiger partial charge < -0.3 is 10.6 Å². The monoisotopic (exact) mass is 219 g/mol. The Balaban J connectivity index is 2.04. The third-order valence-corrected chi connectivity index (χ3v) is 3.07. The molecule has 0 bridgehead atoms. The molecule has 2 rings (SSSR count). The molecule has 0 radical (unpaired) electrons. The van der Waals surface area contributed by atoms with Gasteiger partial charge in [0.25, 0.3) is 0 Å². The van der Waals surface area contributed by atoms with Crippen molar-refractivity contribution < 1.29 is 4.79 Å². The van der Waals surface area contributed by atoms with Crippen molar-refractivity contribution in [2.24, 2.45) is 5.41 Å². The van der Waals surface area contributed by atoms with Gasteiger partial charge >= 0.3 is 0 Å². The van der Waals surface area contributed by atoms with Crippen LogP contribution in [0.15, 0.2) is 18.3 Å². The molecule has 1 unspecified atom stereocenters. The van der Waals surface area contributed by atoms with Gasteiger partial charge in [0, 0.05) is 12.7 Å². The van der Waals surface area contributed by atoms with Crippen LogP contribution in [0.5, 0.6) is 0 Å². The summed E-state index contributed by atoms with van der Waals surface area (Å²) >= 11 is 0. The molecule has 4 heteroatoms. The van der Waals surface area contributed by atoms with Crippen LogP contribution in [0.2, 0.25) is 0 Å². The molecule has 1 aliphatic heterocycles. The zero-order valence-electron chi connectivity index (χ0n) is 9.71. The molecule has 1 amide bonds. The second-order valence-corrected chi connectivity index (χ2v) is 4.66. The summed E-state index contributed by atoms with van der Waals surface area (Å²) in [5.41, 5.74) is 0.791. The summed E-state index contributed by atoms with van der Waals surface area (Å²) in [4.78, 5) is 16.2. The number of hydrogen-bond acceptors (Lipinski definition) is 3. The largest absolute Gasteiger partial charge is 0.316 e. The molecule has 2 N–H and O–H groups in total. The van der Waals surface area contributed by atoms with Crippen LogP contribution in [0.4, 0.5) is 5.82 Å². The predicted molar refractivity (Wildman–Crippen MR) is 63.2 cm³/mol. The fourth-order valence-electron chi connectivity index (χ4n) is 1.82. The molecule has 86 valence electrons. The molecule has 1 aromatic rings. The SMILES string of the molecule is Cc1ccc(NC(=O)C2(C)CCNC2)nc1. The van der Waals surface area contributed by atoms with Crippen molar-refractivity contribution in [1.29, 1.82) is 0 Å². The van der Waals surface area contributed by atoms with Gasteiger partial charge in [-0.1, -0.05) is 6.07 Å². The zero-order valence-corrected chi connectivity index (χ0v) is 9.71. The number of carbonyl (C=O) groups excluding carboxylic acids is 1. The van der Waals surface area contributed by atoms with Gasteiger partial charge in [-0.25, -0.2) is 4.98 Å². The van der Waals surface area contributed by atoms with E-state index in [4.69, 9.17) is 0 Å². The Morgan fingerprint density at radius 3 is 2.94 bits per heavy atom. The number of nitrogens with zero attached hydrogens (tertiary/aromatic N) is 1. The maximum absolute atomic E-state index is 12.0. The first-order valence-electron chi connectivity index (χ1n) is 5.55. The van der Waals surface area contributed by atoms with E-state index in [1.807, 2.05) is 26.0 Å². The molecule has 0 saturated carbocycles. The van der Waals surface area contributed by atoms with Crippen molar-refractivity contribution in [1.82, 2.24) is 10.3 Å². The first-order valence-corrected chi connectivity index (χ1v) is 5.55. The highest BCUT2D eigenvalue weighted by Crippen LogP contribution is 2.25. The van der Waals surface area contributed by atoms with Gasteiger partial charge in [0.2, 0.25) is 5.91 Å². The Morgan fingerprint density at radius 2 is 2.38 bits per heavy atom. The third kappa shape index (κ3) is 2.22. The number of aromatic nitrogens is 1. The topological polar surface area (TPSA) is 54.0 Å². The van der Waals surface area contributed by atoms with Crippen LogP contribution in [0.1, 0.15) is 18.9 Å². The van der Waals surface area contributed by atoms with E-state index in [0.717, 1.165) is 25.1 Å². The molecule has 16 heavy (non-hydrogen) atoms. The smallest absolute Gasteiger partial charge is 0.232 e. The van der Waals surface area contributed by atoms with Gasteiger partial charge in [-0.15, -0.1) is 0 Å². The lowest BCUT2D eigenvalue weighted by molar-refractivity contribution is -0.123. The van der Waals surface area contributed by atoms with Crippen LogP contribution in [-0.2, 0) is 4.79 Å². The number of carbonyl (C=O) groups is 1. The summed E-state index contributed by atoms with van der Waals surface area (Å²) in [5.74, 6) is 0.678. The minimum atomic E-state index is -0.299. The standard InChI is InChI=1S/C12H17N3O/c1-9-3-4-10(14-7-9)15-11(16)12(2)5-6-13-8-12/h3-4,7,13H,5-6,8H2,1-2H3,(H,14,15,16). The second-order valence-electron chi connectivity index (χ2n) is 4.66. The summed E-state index contributed by atoms with van der Waals surface area (Å²) in [5, 5.41) is 6.07. The van der Waals surface area contributed by atoms with Crippen LogP contribution in [-0.4, -0.2) is 24.0 Å². The Labute approximate surface area is 95.5 Å². The Kier molecular flexibility index (Phi) is 2.92. The number of rotatable bonds is 2. The summed E-state index contributed by atoms with van der Waals surface area (Å²) in [7, 11) is 0. The Bertz CT molecular complexity index is 380. The molecule has 2 heterocycles. The summed E-state index contributed by atoms with van der Waals surface area (Å²) in [6, 6.07) is 3.77. The second kappa shape index (κ2) is 4.22. The first-order chi connectivity index (χ1) is 7.60. The normalized spacial score (nSPS) is 24.4. The predicted octanol–water partition coefficient (Wildman–Crippen LogP) is 1.33. The number of anilines is 1. The van der Waals surface area contributed by atoms with Crippen LogP contribution in [0.25, 0.3) is 0 Å². The highest BCUT2D eigenvalue weighted by atomic mass is 16.2. The summed E-state index contributed by atoms with van der Waals surface area (Å²) < 4.78 is 0. The quantitative estimate of drug-likeness (QED) is 0.789. The Hall–Kier alpha value is -1.42. The highest BCUT2D eigenvalue weighted by Gasteiger charge is 2.36. The molecule has 0 spiro atoms. The van der Waals surface area contributed by atoms with Crippen molar-refractivity contribution in [3.63, 3.8) is 0 Å². The van der Waals surface area contributed by atoms with E-state index in [0.29, 0.717) is 5.82 Å². The molecule has 4 nitrogen and oxygen atoms in total. The van der Waals surface area contributed by atoms with Crippen LogP contribution in [0, 0.1) is 12.3 Å². The number of hydrogen-bond donors (Lipinski definition) is 2. The van der Waals surface area contributed by atoms with E-state index in [9.17, 15) is 4.79 Å². The van der Waals surface area contributed by atoms with E-state index in [1.54, 1.807) is 6.20 Å². The maximum atomic E-state index is 12.0. The first kappa shape index (κ1) is 11.1. The minimum absolute atomic E-state index is 0.0499. The number of amides is 1. The lowest BCUT2D eigenvalue weighted by atomic mass is 9.89. The van der Waals surface area contributed by atoms with Crippen molar-refractivity contribution in [2.45, 2.75) is 20.3 Å². The summed E-state index contributed by atoms with van der Waals surface area (Å²) in [6.07, 6.45) is 2.63. The molecule has 0 aliphatic carbocycles. The summed E-state index contributed by atoms with van der Waals surface area (Å²) in [6.45, 7) is 5.60. The molecule has 0 aromatic carbocycles. The van der Waals surface area contributed by atoms with Gasteiger partial charge in [0.1, 0.15) is 5.82 Å². The molecular formula is C12H17N3O. The van der Waals surface area contributed by atoms with E-state index >= 15 is 0 Å². The van der Waals surface area contributed by atoms with Gasteiger partial charge in [0.15, 0.2) is 0 Å². The van der Waals surface area contributed by atoms with Crippen molar-refractivity contribution >= 4 is 11.7 Å². The van der Waals surface area contributed by atoms with E-state index in [-0.39, 0.29) is 11.3 Å². The molecular weight excluding hydrogens is 202 g/mol. The van der Waals surface area contributed by atoms with Gasteiger partial charge in [-0.05, 0) is 38.4 Å². The molecule has 1 aliphatic rings. The Morgan fingerprint density at radius 1 is 1.56 bits per heavy atom. The van der Waals surface area contributed by atoms with E-state index < -0.39 is 0 Å². The number of pyridine rings is 1. The van der Waals surface area contributed by atoms with Crippen molar-refractivity contribution in [3.05, 3.63) is 23.9 Å². The molecule has 1 atom stereocenters. The lowest BCUT2D eigenvalue weighted by Crippen LogP contribution is -2.35.